The Morgan fingerprint density at radius 3 is 2.79 bits per heavy atom. The molecule has 1 rings (SSSR count). The van der Waals surface area contributed by atoms with E-state index in [4.69, 9.17) is 5.11 Å². The van der Waals surface area contributed by atoms with E-state index in [-0.39, 0.29) is 18.6 Å². The van der Waals surface area contributed by atoms with Crippen LogP contribution in [0.25, 0.3) is 0 Å². The highest BCUT2D eigenvalue weighted by Crippen LogP contribution is 2.19. The number of hydrogen-bond acceptors (Lipinski definition) is 3. The van der Waals surface area contributed by atoms with Crippen molar-refractivity contribution in [2.45, 2.75) is 38.8 Å². The number of rotatable bonds is 3. The van der Waals surface area contributed by atoms with Crippen molar-refractivity contribution in [3.63, 3.8) is 0 Å². The maximum atomic E-state index is 10.5. The molecule has 3 atom stereocenters. The highest BCUT2D eigenvalue weighted by Gasteiger charge is 2.27. The molecule has 4 nitrogen and oxygen atoms in total. The van der Waals surface area contributed by atoms with Gasteiger partial charge in [-0.2, -0.15) is 0 Å². The first-order chi connectivity index (χ1) is 6.50. The van der Waals surface area contributed by atoms with Gasteiger partial charge in [0.05, 0.1) is 12.5 Å². The predicted octanol–water partition coefficient (Wildman–Crippen LogP) is 0.552. The van der Waals surface area contributed by atoms with E-state index in [9.17, 15) is 9.90 Å². The van der Waals surface area contributed by atoms with Crippen LogP contribution in [0.15, 0.2) is 0 Å². The van der Waals surface area contributed by atoms with Crippen LogP contribution in [0.2, 0.25) is 0 Å². The average molecular weight is 201 g/mol. The van der Waals surface area contributed by atoms with Crippen molar-refractivity contribution < 1.29 is 15.0 Å². The summed E-state index contributed by atoms with van der Waals surface area (Å²) in [5, 5.41) is 18.3. The number of likely N-dealkylation sites (tertiary alicyclic amines) is 1. The highest BCUT2D eigenvalue weighted by molar-refractivity contribution is 5.67. The third-order valence-electron chi connectivity index (χ3n) is 3.04. The van der Waals surface area contributed by atoms with Crippen molar-refractivity contribution in [3.8, 4) is 0 Å². The first kappa shape index (κ1) is 11.5. The Bertz CT molecular complexity index is 208. The van der Waals surface area contributed by atoms with E-state index in [0.717, 1.165) is 13.0 Å². The Hall–Kier alpha value is -0.610. The number of aliphatic carboxylic acids is 1. The molecule has 0 aromatic heterocycles. The van der Waals surface area contributed by atoms with E-state index in [1.165, 1.54) is 0 Å². The Labute approximate surface area is 84.5 Å². The molecule has 1 aliphatic rings. The van der Waals surface area contributed by atoms with Crippen LogP contribution in [-0.2, 0) is 4.79 Å². The summed E-state index contributed by atoms with van der Waals surface area (Å²) in [4.78, 5) is 12.6. The number of piperidine rings is 1. The van der Waals surface area contributed by atoms with E-state index >= 15 is 0 Å². The summed E-state index contributed by atoms with van der Waals surface area (Å²) in [5.41, 5.74) is 0. The fourth-order valence-corrected chi connectivity index (χ4v) is 1.86. The summed E-state index contributed by atoms with van der Waals surface area (Å²) in [6, 6.07) is 0.0228. The van der Waals surface area contributed by atoms with Crippen LogP contribution >= 0.6 is 0 Å². The van der Waals surface area contributed by atoms with Gasteiger partial charge >= 0.3 is 5.97 Å². The van der Waals surface area contributed by atoms with Crippen LogP contribution < -0.4 is 0 Å². The van der Waals surface area contributed by atoms with E-state index in [2.05, 4.69) is 4.90 Å². The molecule has 4 heteroatoms. The van der Waals surface area contributed by atoms with Gasteiger partial charge in [-0.15, -0.1) is 0 Å². The molecule has 0 aliphatic carbocycles. The summed E-state index contributed by atoms with van der Waals surface area (Å²) in [7, 11) is 0. The van der Waals surface area contributed by atoms with Gasteiger partial charge in [0.15, 0.2) is 0 Å². The Morgan fingerprint density at radius 2 is 2.29 bits per heavy atom. The molecule has 1 fully saturated rings. The van der Waals surface area contributed by atoms with Crippen molar-refractivity contribution in [2.75, 3.05) is 13.1 Å². The first-order valence-corrected chi connectivity index (χ1v) is 5.14. The van der Waals surface area contributed by atoms with E-state index in [0.29, 0.717) is 12.5 Å². The zero-order chi connectivity index (χ0) is 10.7. The van der Waals surface area contributed by atoms with Crippen LogP contribution in [-0.4, -0.2) is 46.3 Å². The van der Waals surface area contributed by atoms with Gasteiger partial charge in [-0.05, 0) is 25.8 Å². The molecule has 2 N–H and O–H groups in total. The lowest BCUT2D eigenvalue weighted by atomic mass is 9.95. The van der Waals surface area contributed by atoms with Crippen LogP contribution in [0.5, 0.6) is 0 Å². The molecular weight excluding hydrogens is 182 g/mol. The molecule has 0 amide bonds. The van der Waals surface area contributed by atoms with Crippen molar-refractivity contribution in [2.24, 2.45) is 5.92 Å². The van der Waals surface area contributed by atoms with Crippen molar-refractivity contribution in [1.82, 2.24) is 4.90 Å². The second-order valence-electron chi connectivity index (χ2n) is 4.28. The largest absolute Gasteiger partial charge is 0.481 e. The van der Waals surface area contributed by atoms with Gasteiger partial charge in [-0.3, -0.25) is 9.69 Å². The number of carbonyl (C=O) groups is 1. The van der Waals surface area contributed by atoms with Gasteiger partial charge in [0.2, 0.25) is 0 Å². The Kier molecular flexibility index (Phi) is 3.89. The molecule has 0 aromatic carbocycles. The normalized spacial score (nSPS) is 31.4. The van der Waals surface area contributed by atoms with Gasteiger partial charge < -0.3 is 10.2 Å². The molecule has 1 aliphatic heterocycles. The Balaban J connectivity index is 2.41. The van der Waals surface area contributed by atoms with E-state index in [1.807, 2.05) is 13.8 Å². The van der Waals surface area contributed by atoms with Crippen LogP contribution in [0.1, 0.15) is 26.7 Å². The molecule has 3 unspecified atom stereocenters. The fourth-order valence-electron chi connectivity index (χ4n) is 1.86. The third-order valence-corrected chi connectivity index (χ3v) is 3.04. The molecule has 0 radical (unpaired) electrons. The van der Waals surface area contributed by atoms with Gasteiger partial charge in [-0.25, -0.2) is 0 Å². The molecule has 1 heterocycles. The van der Waals surface area contributed by atoms with Gasteiger partial charge in [0.1, 0.15) is 0 Å². The number of β-amino-alcohol motifs (C(OH)–C–C–N with tert-alkyl or cyclic N) is 1. The zero-order valence-corrected chi connectivity index (χ0v) is 8.81. The minimum atomic E-state index is -0.773. The third kappa shape index (κ3) is 2.96. The lowest BCUT2D eigenvalue weighted by Gasteiger charge is -2.37. The van der Waals surface area contributed by atoms with Crippen molar-refractivity contribution in [3.05, 3.63) is 0 Å². The fraction of sp³-hybridized carbons (Fsp3) is 0.900. The quantitative estimate of drug-likeness (QED) is 0.700. The number of carboxylic acids is 1. The average Bonchev–Trinajstić information content (AvgIpc) is 2.08. The summed E-state index contributed by atoms with van der Waals surface area (Å²) in [6.07, 6.45) is 0.798. The standard InChI is InChI=1S/C10H19NO3/c1-7-3-4-11(6-9(7)12)8(2)5-10(13)14/h7-9,12H,3-6H2,1-2H3,(H,13,14). The topological polar surface area (TPSA) is 60.8 Å². The van der Waals surface area contributed by atoms with Gasteiger partial charge in [0.25, 0.3) is 0 Å². The first-order valence-electron chi connectivity index (χ1n) is 5.14. The van der Waals surface area contributed by atoms with Gasteiger partial charge in [0, 0.05) is 12.6 Å². The number of hydrogen-bond donors (Lipinski definition) is 2. The maximum Gasteiger partial charge on any atom is 0.304 e. The van der Waals surface area contributed by atoms with Gasteiger partial charge in [-0.1, -0.05) is 6.92 Å². The minimum absolute atomic E-state index is 0.0228. The van der Waals surface area contributed by atoms with Crippen LogP contribution in [0.4, 0.5) is 0 Å². The molecule has 0 aromatic rings. The SMILES string of the molecule is CC1CCN(C(C)CC(=O)O)CC1O. The minimum Gasteiger partial charge on any atom is -0.481 e. The molecule has 82 valence electrons. The summed E-state index contributed by atoms with van der Waals surface area (Å²) in [6.45, 7) is 5.43. The molecule has 14 heavy (non-hydrogen) atoms. The molecule has 0 bridgehead atoms. The van der Waals surface area contributed by atoms with E-state index < -0.39 is 5.97 Å². The molecule has 0 saturated carbocycles. The smallest absolute Gasteiger partial charge is 0.304 e. The Morgan fingerprint density at radius 1 is 1.64 bits per heavy atom. The number of nitrogens with zero attached hydrogens (tertiary/aromatic N) is 1. The van der Waals surface area contributed by atoms with Crippen LogP contribution in [0, 0.1) is 5.92 Å². The van der Waals surface area contributed by atoms with E-state index in [1.54, 1.807) is 0 Å². The summed E-state index contributed by atoms with van der Waals surface area (Å²) >= 11 is 0. The van der Waals surface area contributed by atoms with Crippen molar-refractivity contribution in [1.29, 1.82) is 0 Å². The highest BCUT2D eigenvalue weighted by atomic mass is 16.4. The monoisotopic (exact) mass is 201 g/mol. The predicted molar refractivity (Wildman–Crippen MR) is 53.1 cm³/mol. The van der Waals surface area contributed by atoms with Crippen LogP contribution in [0.3, 0.4) is 0 Å². The summed E-state index contributed by atoms with van der Waals surface area (Å²) < 4.78 is 0. The number of carboxylic acid groups (broad SMARTS) is 1. The molecular formula is C10H19NO3. The second-order valence-corrected chi connectivity index (χ2v) is 4.28. The maximum absolute atomic E-state index is 10.5. The molecule has 0 spiro atoms. The number of aliphatic hydroxyl groups is 1. The molecule has 1 saturated heterocycles. The summed E-state index contributed by atoms with van der Waals surface area (Å²) in [5.74, 6) is -0.436. The second kappa shape index (κ2) is 4.75. The number of aliphatic hydroxyl groups excluding tert-OH is 1. The lowest BCUT2D eigenvalue weighted by Crippen LogP contribution is -2.47. The zero-order valence-electron chi connectivity index (χ0n) is 8.81. The lowest BCUT2D eigenvalue weighted by molar-refractivity contribution is -0.138. The van der Waals surface area contributed by atoms with Crippen molar-refractivity contribution >= 4 is 5.97 Å².